The fourth-order valence-electron chi connectivity index (χ4n) is 11.1. The molecule has 0 rings (SSSR count). The fraction of sp³-hybridized carbons (Fsp3) is 0.945. The normalized spacial score (nSPS) is 14.1. The Hall–Kier alpha value is -1.94. The molecule has 0 aromatic rings. The third-order valence-corrected chi connectivity index (χ3v) is 18.9. The molecule has 19 heteroatoms. The van der Waals surface area contributed by atoms with Crippen LogP contribution in [0.3, 0.4) is 0 Å². The van der Waals surface area contributed by atoms with Gasteiger partial charge in [0.15, 0.2) is 12.2 Å². The first-order chi connectivity index (χ1) is 44.4. The van der Waals surface area contributed by atoms with E-state index >= 15 is 0 Å². The molecular formula is C73H142O17P2. The summed E-state index contributed by atoms with van der Waals surface area (Å²) in [7, 11) is -9.90. The van der Waals surface area contributed by atoms with Crippen LogP contribution in [0.4, 0.5) is 0 Å². The van der Waals surface area contributed by atoms with Gasteiger partial charge in [0, 0.05) is 25.7 Å². The number of ether oxygens (including phenoxy) is 4. The fourth-order valence-corrected chi connectivity index (χ4v) is 12.7. The number of aliphatic hydroxyl groups excluding tert-OH is 1. The van der Waals surface area contributed by atoms with Crippen LogP contribution in [-0.4, -0.2) is 96.7 Å². The molecule has 0 amide bonds. The van der Waals surface area contributed by atoms with Gasteiger partial charge in [0.25, 0.3) is 0 Å². The molecule has 0 aliphatic rings. The number of carbonyl (C=O) groups is 4. The summed E-state index contributed by atoms with van der Waals surface area (Å²) >= 11 is 0. The first kappa shape index (κ1) is 90.1. The highest BCUT2D eigenvalue weighted by molar-refractivity contribution is 7.47. The van der Waals surface area contributed by atoms with Crippen LogP contribution in [0.5, 0.6) is 0 Å². The van der Waals surface area contributed by atoms with Crippen LogP contribution in [0.2, 0.25) is 0 Å². The first-order valence-electron chi connectivity index (χ1n) is 38.0. The molecule has 5 atom stereocenters. The lowest BCUT2D eigenvalue weighted by molar-refractivity contribution is -0.161. The van der Waals surface area contributed by atoms with Crippen molar-refractivity contribution in [3.63, 3.8) is 0 Å². The van der Waals surface area contributed by atoms with Gasteiger partial charge in [-0.15, -0.1) is 0 Å². The van der Waals surface area contributed by atoms with Gasteiger partial charge in [0.1, 0.15) is 19.3 Å². The van der Waals surface area contributed by atoms with Crippen molar-refractivity contribution in [1.82, 2.24) is 0 Å². The Bertz CT molecular complexity index is 1790. The number of aliphatic hydroxyl groups is 1. The zero-order valence-corrected chi connectivity index (χ0v) is 61.6. The highest BCUT2D eigenvalue weighted by Crippen LogP contribution is 2.45. The predicted octanol–water partition coefficient (Wildman–Crippen LogP) is 21.2. The molecule has 546 valence electrons. The quantitative estimate of drug-likeness (QED) is 0.0222. The van der Waals surface area contributed by atoms with E-state index < -0.39 is 97.5 Å². The Morgan fingerprint density at radius 3 is 0.739 bits per heavy atom. The smallest absolute Gasteiger partial charge is 0.462 e. The minimum absolute atomic E-state index is 0.105. The Labute approximate surface area is 562 Å². The van der Waals surface area contributed by atoms with Gasteiger partial charge >= 0.3 is 39.5 Å². The number of hydrogen-bond acceptors (Lipinski definition) is 15. The molecule has 92 heavy (non-hydrogen) atoms. The van der Waals surface area contributed by atoms with Crippen molar-refractivity contribution in [2.24, 2.45) is 11.8 Å². The highest BCUT2D eigenvalue weighted by Gasteiger charge is 2.30. The van der Waals surface area contributed by atoms with Crippen LogP contribution in [0, 0.1) is 11.8 Å². The summed E-state index contributed by atoms with van der Waals surface area (Å²) in [6.45, 7) is 9.54. The van der Waals surface area contributed by atoms with Crippen molar-refractivity contribution in [3.05, 3.63) is 0 Å². The summed E-state index contributed by atoms with van der Waals surface area (Å²) in [5.74, 6) is -0.578. The van der Waals surface area contributed by atoms with Crippen molar-refractivity contribution in [2.75, 3.05) is 39.6 Å². The van der Waals surface area contributed by atoms with Gasteiger partial charge in [0.2, 0.25) is 0 Å². The lowest BCUT2D eigenvalue weighted by atomic mass is 10.0. The summed E-state index contributed by atoms with van der Waals surface area (Å²) < 4.78 is 68.3. The Balaban J connectivity index is 5.19. The average Bonchev–Trinajstić information content (AvgIpc) is 1.88. The molecule has 0 heterocycles. The molecule has 0 aromatic heterocycles. The largest absolute Gasteiger partial charge is 0.472 e. The van der Waals surface area contributed by atoms with E-state index in [2.05, 4.69) is 41.5 Å². The predicted molar refractivity (Wildman–Crippen MR) is 372 cm³/mol. The molecule has 0 fully saturated rings. The summed E-state index contributed by atoms with van der Waals surface area (Å²) in [4.78, 5) is 72.5. The van der Waals surface area contributed by atoms with E-state index in [0.29, 0.717) is 25.7 Å². The van der Waals surface area contributed by atoms with Crippen LogP contribution in [-0.2, 0) is 65.4 Å². The molecule has 0 aliphatic carbocycles. The molecular weight excluding hydrogens is 1210 g/mol. The van der Waals surface area contributed by atoms with Crippen molar-refractivity contribution in [1.29, 1.82) is 0 Å². The number of carbonyl (C=O) groups excluding carboxylic acids is 4. The Morgan fingerprint density at radius 2 is 0.500 bits per heavy atom. The van der Waals surface area contributed by atoms with Crippen molar-refractivity contribution in [2.45, 2.75) is 394 Å². The lowest BCUT2D eigenvalue weighted by Gasteiger charge is -2.21. The van der Waals surface area contributed by atoms with Crippen molar-refractivity contribution in [3.8, 4) is 0 Å². The second-order valence-corrected chi connectivity index (χ2v) is 30.2. The molecule has 0 saturated heterocycles. The van der Waals surface area contributed by atoms with Crippen LogP contribution in [0.1, 0.15) is 375 Å². The molecule has 0 saturated carbocycles. The molecule has 0 spiro atoms. The van der Waals surface area contributed by atoms with Gasteiger partial charge in [-0.1, -0.05) is 324 Å². The van der Waals surface area contributed by atoms with Crippen LogP contribution < -0.4 is 0 Å². The van der Waals surface area contributed by atoms with E-state index in [0.717, 1.165) is 115 Å². The summed E-state index contributed by atoms with van der Waals surface area (Å²) in [6, 6.07) is 0. The highest BCUT2D eigenvalue weighted by atomic mass is 31.2. The molecule has 17 nitrogen and oxygen atoms in total. The summed E-state index contributed by atoms with van der Waals surface area (Å²) in [5, 5.41) is 10.6. The van der Waals surface area contributed by atoms with E-state index in [1.807, 2.05) is 0 Å². The van der Waals surface area contributed by atoms with Crippen LogP contribution >= 0.6 is 15.6 Å². The number of phosphoric ester groups is 2. The third-order valence-electron chi connectivity index (χ3n) is 17.0. The molecule has 0 bridgehead atoms. The maximum Gasteiger partial charge on any atom is 0.472 e. The van der Waals surface area contributed by atoms with Gasteiger partial charge < -0.3 is 33.8 Å². The number of unbranched alkanes of at least 4 members (excludes halogenated alkanes) is 42. The minimum Gasteiger partial charge on any atom is -0.462 e. The van der Waals surface area contributed by atoms with E-state index in [1.54, 1.807) is 0 Å². The van der Waals surface area contributed by atoms with Crippen LogP contribution in [0.15, 0.2) is 0 Å². The summed E-state index contributed by atoms with van der Waals surface area (Å²) in [6.07, 6.45) is 51.5. The SMILES string of the molecule is CCCCCCCCCCCCCCCCC(=O)OC[C@H](COP(=O)(O)OC[C@@H](O)COP(=O)(O)OC[C@@H](COC(=O)CCCCCCCCC)OC(=O)CCCCCCCCCCCC(C)C)OC(=O)CCCCCCCCCCCCCCCCCCC(C)C. The third kappa shape index (κ3) is 66.7. The molecule has 0 radical (unpaired) electrons. The van der Waals surface area contributed by atoms with Gasteiger partial charge in [-0.2, -0.15) is 0 Å². The average molecular weight is 1350 g/mol. The number of phosphoric acid groups is 2. The molecule has 2 unspecified atom stereocenters. The van der Waals surface area contributed by atoms with E-state index in [9.17, 15) is 43.2 Å². The zero-order chi connectivity index (χ0) is 67.9. The van der Waals surface area contributed by atoms with Crippen molar-refractivity contribution < 1.29 is 80.2 Å². The van der Waals surface area contributed by atoms with E-state index in [1.165, 1.54) is 180 Å². The summed E-state index contributed by atoms with van der Waals surface area (Å²) in [5.41, 5.74) is 0. The maximum atomic E-state index is 13.1. The number of hydrogen-bond donors (Lipinski definition) is 3. The van der Waals surface area contributed by atoms with Crippen molar-refractivity contribution >= 4 is 39.5 Å². The van der Waals surface area contributed by atoms with Gasteiger partial charge in [-0.05, 0) is 37.5 Å². The second kappa shape index (κ2) is 65.0. The standard InChI is InChI=1S/C73H142O17P2/c1-7-9-11-13-15-16-17-18-24-27-32-38-44-50-56-71(76)84-62-69(90-72(77)57-51-45-39-33-28-25-22-20-19-21-23-26-30-36-41-47-53-65(3)4)64-88-92(81,82)86-60-67(74)59-85-91(79,80)87-63-68(61-83-70(75)55-49-43-35-14-12-10-8-2)89-73(78)58-52-46-40-34-29-31-37-42-48-54-66(5)6/h65-69,74H,7-64H2,1-6H3,(H,79,80)(H,81,82)/t67-,68+,69+/m0/s1. The molecule has 0 aromatic carbocycles. The minimum atomic E-state index is -4.95. The topological polar surface area (TPSA) is 237 Å². The maximum absolute atomic E-state index is 13.1. The van der Waals surface area contributed by atoms with E-state index in [-0.39, 0.29) is 25.7 Å². The molecule has 3 N–H and O–H groups in total. The number of rotatable bonds is 72. The molecule has 0 aliphatic heterocycles. The Morgan fingerprint density at radius 1 is 0.293 bits per heavy atom. The van der Waals surface area contributed by atoms with Gasteiger partial charge in [-0.3, -0.25) is 37.3 Å². The Kier molecular flexibility index (Phi) is 63.7. The first-order valence-corrected chi connectivity index (χ1v) is 41.0. The lowest BCUT2D eigenvalue weighted by Crippen LogP contribution is -2.30. The van der Waals surface area contributed by atoms with Crippen LogP contribution in [0.25, 0.3) is 0 Å². The zero-order valence-electron chi connectivity index (χ0n) is 59.9. The number of esters is 4. The monoisotopic (exact) mass is 1350 g/mol. The van der Waals surface area contributed by atoms with E-state index in [4.69, 9.17) is 37.0 Å². The van der Waals surface area contributed by atoms with Gasteiger partial charge in [0.05, 0.1) is 26.4 Å². The van der Waals surface area contributed by atoms with Gasteiger partial charge in [-0.25, -0.2) is 9.13 Å². The second-order valence-electron chi connectivity index (χ2n) is 27.3.